The number of phenols is 1. The van der Waals surface area contributed by atoms with Crippen LogP contribution in [0.3, 0.4) is 0 Å². The van der Waals surface area contributed by atoms with Crippen LogP contribution in [-0.2, 0) is 25.4 Å². The maximum absolute atomic E-state index is 15.1. The predicted molar refractivity (Wildman–Crippen MR) is 106 cm³/mol. The van der Waals surface area contributed by atoms with Crippen molar-refractivity contribution >= 4 is 0 Å². The Labute approximate surface area is 180 Å². The zero-order valence-electron chi connectivity index (χ0n) is 17.0. The van der Waals surface area contributed by atoms with Gasteiger partial charge < -0.3 is 5.11 Å². The Kier molecular flexibility index (Phi) is 6.81. The zero-order chi connectivity index (χ0) is 23.6. The number of hydrogen-bond acceptors (Lipinski definition) is 1. The molecule has 0 atom stereocenters. The van der Waals surface area contributed by atoms with Gasteiger partial charge in [0.1, 0.15) is 34.6 Å². The van der Waals surface area contributed by atoms with Crippen molar-refractivity contribution in [2.45, 2.75) is 38.8 Å². The Morgan fingerprint density at radius 1 is 0.750 bits per heavy atom. The number of aryl methyl sites for hydroxylation is 2. The first-order valence-electron chi connectivity index (χ1n) is 9.87. The highest BCUT2D eigenvalue weighted by Crippen LogP contribution is 2.37. The van der Waals surface area contributed by atoms with E-state index in [2.05, 4.69) is 0 Å². The Morgan fingerprint density at radius 3 is 1.88 bits per heavy atom. The standard InChI is InChI=1S/C24H19F7O/c1-2-3-13-4-7-15(8-5-13)21-20(32)12-17(25)16(23(21)28)9-6-14-10-18(26)22(19(27)11-14)24(29,30)31/h4-5,7-8,10-12,32H,2-3,6,9H2,1H3. The van der Waals surface area contributed by atoms with Crippen molar-refractivity contribution in [2.24, 2.45) is 0 Å². The van der Waals surface area contributed by atoms with Crippen LogP contribution in [0.4, 0.5) is 30.7 Å². The minimum atomic E-state index is -5.20. The van der Waals surface area contributed by atoms with Crippen LogP contribution in [-0.4, -0.2) is 5.11 Å². The van der Waals surface area contributed by atoms with Crippen LogP contribution in [0.15, 0.2) is 42.5 Å². The molecule has 3 aromatic carbocycles. The van der Waals surface area contributed by atoms with E-state index in [0.717, 1.165) is 24.5 Å². The molecule has 32 heavy (non-hydrogen) atoms. The molecule has 3 aromatic rings. The SMILES string of the molecule is CCCc1ccc(-c2c(O)cc(F)c(CCc3cc(F)c(C(F)(F)F)c(F)c3)c2F)cc1. The lowest BCUT2D eigenvalue weighted by molar-refractivity contribution is -0.142. The molecule has 0 amide bonds. The van der Waals surface area contributed by atoms with Crippen LogP contribution in [0.5, 0.6) is 5.75 Å². The molecule has 0 aliphatic heterocycles. The Bertz CT molecular complexity index is 1100. The summed E-state index contributed by atoms with van der Waals surface area (Å²) < 4.78 is 95.1. The minimum absolute atomic E-state index is 0.189. The highest BCUT2D eigenvalue weighted by atomic mass is 19.4. The molecule has 0 aliphatic rings. The fourth-order valence-corrected chi connectivity index (χ4v) is 3.59. The highest BCUT2D eigenvalue weighted by Gasteiger charge is 2.37. The van der Waals surface area contributed by atoms with Crippen LogP contribution in [0.1, 0.15) is 35.6 Å². The van der Waals surface area contributed by atoms with Gasteiger partial charge >= 0.3 is 6.18 Å². The van der Waals surface area contributed by atoms with Crippen LogP contribution in [0.25, 0.3) is 11.1 Å². The number of halogens is 7. The van der Waals surface area contributed by atoms with Gasteiger partial charge in [-0.1, -0.05) is 37.6 Å². The molecule has 0 aliphatic carbocycles. The van der Waals surface area contributed by atoms with Gasteiger partial charge in [0.25, 0.3) is 0 Å². The van der Waals surface area contributed by atoms with Gasteiger partial charge in [0, 0.05) is 11.6 Å². The number of aromatic hydroxyl groups is 1. The average molecular weight is 456 g/mol. The van der Waals surface area contributed by atoms with Crippen molar-refractivity contribution in [2.75, 3.05) is 0 Å². The lowest BCUT2D eigenvalue weighted by Crippen LogP contribution is -2.12. The molecule has 3 rings (SSSR count). The molecule has 0 fully saturated rings. The average Bonchev–Trinajstić information content (AvgIpc) is 2.67. The summed E-state index contributed by atoms with van der Waals surface area (Å²) in [5.74, 6) is -6.32. The summed E-state index contributed by atoms with van der Waals surface area (Å²) in [5.41, 5.74) is -1.56. The molecular formula is C24H19F7O. The van der Waals surface area contributed by atoms with E-state index in [0.29, 0.717) is 17.7 Å². The summed E-state index contributed by atoms with van der Waals surface area (Å²) in [6.45, 7) is 2.00. The van der Waals surface area contributed by atoms with E-state index >= 15 is 4.39 Å². The summed E-state index contributed by atoms with van der Waals surface area (Å²) in [6.07, 6.45) is -4.19. The summed E-state index contributed by atoms with van der Waals surface area (Å²) in [4.78, 5) is 0. The van der Waals surface area contributed by atoms with Gasteiger partial charge in [0.2, 0.25) is 0 Å². The van der Waals surface area contributed by atoms with E-state index in [1.165, 1.54) is 0 Å². The first kappa shape index (κ1) is 23.6. The first-order valence-corrected chi connectivity index (χ1v) is 9.87. The number of benzene rings is 3. The van der Waals surface area contributed by atoms with Crippen LogP contribution < -0.4 is 0 Å². The van der Waals surface area contributed by atoms with Crippen LogP contribution in [0.2, 0.25) is 0 Å². The molecule has 0 bridgehead atoms. The number of alkyl halides is 3. The predicted octanol–water partition coefficient (Wildman–Crippen LogP) is 7.37. The molecule has 0 aromatic heterocycles. The normalized spacial score (nSPS) is 11.8. The maximum atomic E-state index is 15.1. The van der Waals surface area contributed by atoms with Gasteiger partial charge in [0.15, 0.2) is 0 Å². The van der Waals surface area contributed by atoms with Crippen LogP contribution >= 0.6 is 0 Å². The summed E-state index contributed by atoms with van der Waals surface area (Å²) >= 11 is 0. The largest absolute Gasteiger partial charge is 0.507 e. The topological polar surface area (TPSA) is 20.2 Å². The molecular weight excluding hydrogens is 437 g/mol. The number of hydrogen-bond donors (Lipinski definition) is 1. The second-order valence-corrected chi connectivity index (χ2v) is 7.42. The maximum Gasteiger partial charge on any atom is 0.422 e. The van der Waals surface area contributed by atoms with Crippen molar-refractivity contribution in [3.63, 3.8) is 0 Å². The molecule has 1 nitrogen and oxygen atoms in total. The summed E-state index contributed by atoms with van der Waals surface area (Å²) in [7, 11) is 0. The molecule has 0 radical (unpaired) electrons. The smallest absolute Gasteiger partial charge is 0.422 e. The molecule has 8 heteroatoms. The number of phenolic OH excluding ortho intramolecular Hbond substituents is 1. The second kappa shape index (κ2) is 9.22. The monoisotopic (exact) mass is 456 g/mol. The van der Waals surface area contributed by atoms with E-state index in [4.69, 9.17) is 0 Å². The third kappa shape index (κ3) is 4.89. The Balaban J connectivity index is 1.92. The first-order chi connectivity index (χ1) is 15.0. The Morgan fingerprint density at radius 2 is 1.34 bits per heavy atom. The van der Waals surface area contributed by atoms with Crippen molar-refractivity contribution in [1.82, 2.24) is 0 Å². The fourth-order valence-electron chi connectivity index (χ4n) is 3.59. The third-order valence-corrected chi connectivity index (χ3v) is 5.12. The van der Waals surface area contributed by atoms with Crippen molar-refractivity contribution in [3.05, 3.63) is 88.0 Å². The molecule has 0 spiro atoms. The lowest BCUT2D eigenvalue weighted by atomic mass is 9.95. The van der Waals surface area contributed by atoms with Gasteiger partial charge in [-0.2, -0.15) is 13.2 Å². The van der Waals surface area contributed by atoms with E-state index in [1.807, 2.05) is 6.92 Å². The molecule has 0 saturated carbocycles. The number of rotatable bonds is 6. The highest BCUT2D eigenvalue weighted by molar-refractivity contribution is 5.72. The second-order valence-electron chi connectivity index (χ2n) is 7.42. The third-order valence-electron chi connectivity index (χ3n) is 5.12. The molecule has 170 valence electrons. The van der Waals surface area contributed by atoms with Crippen molar-refractivity contribution in [1.29, 1.82) is 0 Å². The molecule has 1 N–H and O–H groups in total. The van der Waals surface area contributed by atoms with Gasteiger partial charge in [-0.3, -0.25) is 0 Å². The summed E-state index contributed by atoms with van der Waals surface area (Å²) in [6, 6.07) is 8.42. The quantitative estimate of drug-likeness (QED) is 0.384. The van der Waals surface area contributed by atoms with E-state index in [9.17, 15) is 31.4 Å². The fraction of sp³-hybridized carbons (Fsp3) is 0.250. The van der Waals surface area contributed by atoms with Gasteiger partial charge in [0.05, 0.1) is 5.56 Å². The van der Waals surface area contributed by atoms with Gasteiger partial charge in [-0.05, 0) is 48.1 Å². The van der Waals surface area contributed by atoms with E-state index < -0.39 is 46.3 Å². The molecule has 0 heterocycles. The van der Waals surface area contributed by atoms with E-state index in [-0.39, 0.29) is 24.0 Å². The van der Waals surface area contributed by atoms with Gasteiger partial charge in [-0.25, -0.2) is 17.6 Å². The summed E-state index contributed by atoms with van der Waals surface area (Å²) in [5, 5.41) is 10.1. The van der Waals surface area contributed by atoms with E-state index in [1.54, 1.807) is 24.3 Å². The molecule has 0 saturated heterocycles. The van der Waals surface area contributed by atoms with Gasteiger partial charge in [-0.15, -0.1) is 0 Å². The lowest BCUT2D eigenvalue weighted by Gasteiger charge is -2.14. The van der Waals surface area contributed by atoms with Crippen molar-refractivity contribution in [3.8, 4) is 16.9 Å². The zero-order valence-corrected chi connectivity index (χ0v) is 17.0. The van der Waals surface area contributed by atoms with Crippen LogP contribution in [0, 0.1) is 23.3 Å². The molecule has 0 unspecified atom stereocenters. The Hall–Kier alpha value is -3.03. The minimum Gasteiger partial charge on any atom is -0.507 e. The van der Waals surface area contributed by atoms with Crippen molar-refractivity contribution < 1.29 is 35.8 Å².